The van der Waals surface area contributed by atoms with Crippen molar-refractivity contribution in [1.82, 2.24) is 0 Å². The fourth-order valence-electron chi connectivity index (χ4n) is 3.75. The van der Waals surface area contributed by atoms with Crippen molar-refractivity contribution in [3.63, 3.8) is 0 Å². The maximum atomic E-state index is 9.76. The molecular formula is C26H22O3. The molecular weight excluding hydrogens is 360 g/mol. The second-order valence-electron chi connectivity index (χ2n) is 7.35. The number of aromatic hydroxyl groups is 3. The molecule has 3 nitrogen and oxygen atoms in total. The number of rotatable bonds is 4. The molecule has 0 saturated heterocycles. The molecule has 0 aliphatic rings. The lowest BCUT2D eigenvalue weighted by Crippen LogP contribution is -2.25. The fraction of sp³-hybridized carbons (Fsp3) is 0.0769. The number of phenols is 3. The number of hydrogen-bond acceptors (Lipinski definition) is 3. The lowest BCUT2D eigenvalue weighted by atomic mass is 9.70. The van der Waals surface area contributed by atoms with Gasteiger partial charge >= 0.3 is 0 Å². The van der Waals surface area contributed by atoms with Crippen LogP contribution in [0.15, 0.2) is 97.1 Å². The Labute approximate surface area is 170 Å². The van der Waals surface area contributed by atoms with Gasteiger partial charge in [-0.1, -0.05) is 54.6 Å². The van der Waals surface area contributed by atoms with E-state index >= 15 is 0 Å². The molecule has 0 unspecified atom stereocenters. The zero-order chi connectivity index (χ0) is 20.4. The molecule has 0 fully saturated rings. The van der Waals surface area contributed by atoms with E-state index in [1.165, 1.54) is 0 Å². The normalized spacial score (nSPS) is 11.3. The molecule has 0 bridgehead atoms. The lowest BCUT2D eigenvalue weighted by molar-refractivity contribution is 0.474. The summed E-state index contributed by atoms with van der Waals surface area (Å²) in [5.74, 6) is 0.683. The van der Waals surface area contributed by atoms with E-state index < -0.39 is 5.41 Å². The van der Waals surface area contributed by atoms with Crippen LogP contribution >= 0.6 is 0 Å². The first-order chi connectivity index (χ1) is 14.0. The van der Waals surface area contributed by atoms with Crippen molar-refractivity contribution in [2.24, 2.45) is 0 Å². The van der Waals surface area contributed by atoms with Gasteiger partial charge in [-0.2, -0.15) is 0 Å². The summed E-state index contributed by atoms with van der Waals surface area (Å²) < 4.78 is 0. The van der Waals surface area contributed by atoms with Crippen molar-refractivity contribution in [3.05, 3.63) is 114 Å². The molecule has 3 N–H and O–H groups in total. The van der Waals surface area contributed by atoms with Crippen molar-refractivity contribution in [1.29, 1.82) is 0 Å². The summed E-state index contributed by atoms with van der Waals surface area (Å²) in [6.45, 7) is 2.14. The highest BCUT2D eigenvalue weighted by Gasteiger charge is 2.31. The Morgan fingerprint density at radius 1 is 0.483 bits per heavy atom. The van der Waals surface area contributed by atoms with Crippen LogP contribution in [0.1, 0.15) is 23.6 Å². The zero-order valence-corrected chi connectivity index (χ0v) is 16.1. The Morgan fingerprint density at radius 3 is 1.41 bits per heavy atom. The topological polar surface area (TPSA) is 60.7 Å². The van der Waals surface area contributed by atoms with E-state index in [4.69, 9.17) is 0 Å². The number of hydrogen-bond donors (Lipinski definition) is 3. The summed E-state index contributed by atoms with van der Waals surface area (Å²) in [5, 5.41) is 29.1. The third-order valence-electron chi connectivity index (χ3n) is 5.53. The molecule has 3 heteroatoms. The van der Waals surface area contributed by atoms with Crippen LogP contribution in [0.3, 0.4) is 0 Å². The summed E-state index contributed by atoms with van der Waals surface area (Å²) in [4.78, 5) is 0. The van der Waals surface area contributed by atoms with Crippen molar-refractivity contribution < 1.29 is 15.3 Å². The first-order valence-corrected chi connectivity index (χ1v) is 9.46. The highest BCUT2D eigenvalue weighted by atomic mass is 16.3. The minimum absolute atomic E-state index is 0.222. The van der Waals surface area contributed by atoms with E-state index in [2.05, 4.69) is 19.1 Å². The van der Waals surface area contributed by atoms with Crippen LogP contribution in [0.4, 0.5) is 0 Å². The van der Waals surface area contributed by atoms with E-state index in [0.29, 0.717) is 0 Å². The molecule has 0 aliphatic heterocycles. The average molecular weight is 382 g/mol. The van der Waals surface area contributed by atoms with Crippen molar-refractivity contribution >= 4 is 0 Å². The Hall–Kier alpha value is -3.72. The van der Waals surface area contributed by atoms with Gasteiger partial charge in [0.15, 0.2) is 0 Å². The molecule has 0 saturated carbocycles. The van der Waals surface area contributed by atoms with E-state index in [9.17, 15) is 15.3 Å². The second-order valence-corrected chi connectivity index (χ2v) is 7.35. The standard InChI is InChI=1S/C26H22O3/c1-26(20-7-13-24(28)14-8-20,21-9-15-25(29)16-10-21)22-4-2-3-19(17-22)18-5-11-23(27)12-6-18/h2-17,27-29H,1H3. The quantitative estimate of drug-likeness (QED) is 0.390. The smallest absolute Gasteiger partial charge is 0.115 e. The van der Waals surface area contributed by atoms with Gasteiger partial charge in [-0.15, -0.1) is 0 Å². The van der Waals surface area contributed by atoms with Crippen LogP contribution in [0, 0.1) is 0 Å². The van der Waals surface area contributed by atoms with Crippen LogP contribution < -0.4 is 0 Å². The third kappa shape index (κ3) is 3.55. The Balaban J connectivity index is 1.89. The maximum Gasteiger partial charge on any atom is 0.115 e. The Bertz CT molecular complexity index is 1070. The van der Waals surface area contributed by atoms with E-state index in [1.807, 2.05) is 48.5 Å². The molecule has 4 rings (SSSR count). The minimum Gasteiger partial charge on any atom is -0.508 e. The van der Waals surface area contributed by atoms with E-state index in [0.717, 1.165) is 27.8 Å². The molecule has 4 aromatic carbocycles. The van der Waals surface area contributed by atoms with Crippen molar-refractivity contribution in [2.75, 3.05) is 0 Å². The van der Waals surface area contributed by atoms with Gasteiger partial charge in [0.25, 0.3) is 0 Å². The maximum absolute atomic E-state index is 9.76. The van der Waals surface area contributed by atoms with Gasteiger partial charge in [0.1, 0.15) is 17.2 Å². The van der Waals surface area contributed by atoms with Crippen LogP contribution in [0.25, 0.3) is 11.1 Å². The van der Waals surface area contributed by atoms with Crippen LogP contribution in [0.2, 0.25) is 0 Å². The van der Waals surface area contributed by atoms with Gasteiger partial charge in [0.05, 0.1) is 0 Å². The molecule has 0 aliphatic carbocycles. The monoisotopic (exact) mass is 382 g/mol. The summed E-state index contributed by atoms with van der Waals surface area (Å²) in [5.41, 5.74) is 4.72. The number of benzene rings is 4. The first-order valence-electron chi connectivity index (χ1n) is 9.46. The summed E-state index contributed by atoms with van der Waals surface area (Å²) in [7, 11) is 0. The molecule has 4 aromatic rings. The first kappa shape index (κ1) is 18.6. The third-order valence-corrected chi connectivity index (χ3v) is 5.53. The van der Waals surface area contributed by atoms with Crippen molar-refractivity contribution in [2.45, 2.75) is 12.3 Å². The van der Waals surface area contributed by atoms with Crippen LogP contribution in [0.5, 0.6) is 17.2 Å². The van der Waals surface area contributed by atoms with Crippen LogP contribution in [-0.4, -0.2) is 15.3 Å². The minimum atomic E-state index is -0.492. The molecule has 29 heavy (non-hydrogen) atoms. The summed E-state index contributed by atoms with van der Waals surface area (Å²) in [6, 6.07) is 29.9. The zero-order valence-electron chi connectivity index (χ0n) is 16.1. The predicted octanol–water partition coefficient (Wildman–Crippen LogP) is 5.82. The van der Waals surface area contributed by atoms with Crippen LogP contribution in [-0.2, 0) is 5.41 Å². The van der Waals surface area contributed by atoms with Crippen molar-refractivity contribution in [3.8, 4) is 28.4 Å². The molecule has 0 spiro atoms. The molecule has 0 heterocycles. The van der Waals surface area contributed by atoms with E-state index in [1.54, 1.807) is 36.4 Å². The summed E-state index contributed by atoms with van der Waals surface area (Å²) >= 11 is 0. The van der Waals surface area contributed by atoms with Gasteiger partial charge in [0, 0.05) is 5.41 Å². The largest absolute Gasteiger partial charge is 0.508 e. The van der Waals surface area contributed by atoms with Gasteiger partial charge in [-0.05, 0) is 77.2 Å². The van der Waals surface area contributed by atoms with Gasteiger partial charge in [-0.3, -0.25) is 0 Å². The number of phenolic OH excluding ortho intramolecular Hbond substituents is 3. The Kier molecular flexibility index (Phi) is 4.73. The lowest BCUT2D eigenvalue weighted by Gasteiger charge is -2.32. The van der Waals surface area contributed by atoms with Gasteiger partial charge in [-0.25, -0.2) is 0 Å². The summed E-state index contributed by atoms with van der Waals surface area (Å²) in [6.07, 6.45) is 0. The van der Waals surface area contributed by atoms with Gasteiger partial charge in [0.2, 0.25) is 0 Å². The molecule has 0 atom stereocenters. The highest BCUT2D eigenvalue weighted by Crippen LogP contribution is 2.41. The Morgan fingerprint density at radius 2 is 0.931 bits per heavy atom. The molecule has 0 aromatic heterocycles. The molecule has 0 radical (unpaired) electrons. The highest BCUT2D eigenvalue weighted by molar-refractivity contribution is 5.66. The van der Waals surface area contributed by atoms with Gasteiger partial charge < -0.3 is 15.3 Å². The SMILES string of the molecule is CC(c1ccc(O)cc1)(c1ccc(O)cc1)c1cccc(-c2ccc(O)cc2)c1. The average Bonchev–Trinajstić information content (AvgIpc) is 2.75. The molecule has 0 amide bonds. The predicted molar refractivity (Wildman–Crippen MR) is 115 cm³/mol. The van der Waals surface area contributed by atoms with E-state index in [-0.39, 0.29) is 17.2 Å². The molecule has 144 valence electrons. The second kappa shape index (κ2) is 7.36. The fourth-order valence-corrected chi connectivity index (χ4v) is 3.75.